The molecule has 0 aliphatic heterocycles. The van der Waals surface area contributed by atoms with Crippen molar-refractivity contribution >= 4 is 5.90 Å². The minimum absolute atomic E-state index is 0.719. The molecule has 0 fully saturated rings. The van der Waals surface area contributed by atoms with Gasteiger partial charge in [-0.3, -0.25) is 4.99 Å². The van der Waals surface area contributed by atoms with Gasteiger partial charge in [0.25, 0.3) is 0 Å². The lowest BCUT2D eigenvalue weighted by atomic mass is 10.2. The van der Waals surface area contributed by atoms with Crippen molar-refractivity contribution < 1.29 is 4.74 Å². The molecule has 13 heavy (non-hydrogen) atoms. The highest BCUT2D eigenvalue weighted by molar-refractivity contribution is 5.76. The van der Waals surface area contributed by atoms with E-state index in [-0.39, 0.29) is 0 Å². The number of ether oxygens (including phenoxy) is 1. The number of nitrogens with zero attached hydrogens (tertiary/aromatic N) is 1. The van der Waals surface area contributed by atoms with Crippen molar-refractivity contribution in [3.63, 3.8) is 0 Å². The summed E-state index contributed by atoms with van der Waals surface area (Å²) in [5, 5.41) is 0. The monoisotopic (exact) mass is 177 g/mol. The smallest absolute Gasteiger partial charge is 0.187 e. The maximum absolute atomic E-state index is 5.54. The van der Waals surface area contributed by atoms with E-state index < -0.39 is 0 Å². The van der Waals surface area contributed by atoms with Crippen LogP contribution >= 0.6 is 0 Å². The zero-order valence-electron chi connectivity index (χ0n) is 8.37. The fourth-order valence-electron chi connectivity index (χ4n) is 1.09. The Morgan fingerprint density at radius 3 is 2.69 bits per heavy atom. The molecule has 0 aromatic heterocycles. The van der Waals surface area contributed by atoms with Crippen molar-refractivity contribution in [1.29, 1.82) is 0 Å². The molecule has 2 nitrogen and oxygen atoms in total. The van der Waals surface area contributed by atoms with Crippen LogP contribution in [0.2, 0.25) is 0 Å². The summed E-state index contributed by atoms with van der Waals surface area (Å²) in [6, 6.07) is 7.93. The van der Waals surface area contributed by atoms with Crippen molar-refractivity contribution in [2.75, 3.05) is 6.54 Å². The van der Waals surface area contributed by atoms with E-state index in [0.717, 1.165) is 23.8 Å². The number of hydrogen-bond donors (Lipinski definition) is 0. The molecule has 2 heteroatoms. The Bertz CT molecular complexity index is 305. The van der Waals surface area contributed by atoms with E-state index in [9.17, 15) is 0 Å². The number of benzene rings is 1. The average Bonchev–Trinajstić information content (AvgIpc) is 2.09. The molecule has 0 spiro atoms. The summed E-state index contributed by atoms with van der Waals surface area (Å²) in [6.07, 6.45) is 0. The van der Waals surface area contributed by atoms with Crippen molar-refractivity contribution in [3.8, 4) is 5.75 Å². The molecule has 0 unspecified atom stereocenters. The molecule has 0 atom stereocenters. The zero-order chi connectivity index (χ0) is 9.68. The largest absolute Gasteiger partial charge is 0.443 e. The molecule has 0 saturated heterocycles. The first kappa shape index (κ1) is 9.78. The Balaban J connectivity index is 2.74. The summed E-state index contributed by atoms with van der Waals surface area (Å²) in [4.78, 5) is 4.16. The van der Waals surface area contributed by atoms with E-state index >= 15 is 0 Å². The maximum Gasteiger partial charge on any atom is 0.187 e. The van der Waals surface area contributed by atoms with Crippen LogP contribution in [0.3, 0.4) is 0 Å². The second kappa shape index (κ2) is 4.65. The number of aliphatic imine (C=N–C) groups is 1. The molecule has 0 heterocycles. The molecule has 1 aromatic rings. The van der Waals surface area contributed by atoms with Gasteiger partial charge < -0.3 is 4.74 Å². The number of aryl methyl sites for hydroxylation is 1. The molecule has 0 amide bonds. The van der Waals surface area contributed by atoms with Crippen molar-refractivity contribution in [2.24, 2.45) is 4.99 Å². The van der Waals surface area contributed by atoms with E-state index in [2.05, 4.69) is 4.99 Å². The van der Waals surface area contributed by atoms with Crippen LogP contribution in [0.5, 0.6) is 5.75 Å². The third-order valence-corrected chi connectivity index (χ3v) is 1.73. The average molecular weight is 177 g/mol. The van der Waals surface area contributed by atoms with E-state index in [4.69, 9.17) is 4.74 Å². The quantitative estimate of drug-likeness (QED) is 0.503. The van der Waals surface area contributed by atoms with Gasteiger partial charge in [-0.05, 0) is 25.5 Å². The van der Waals surface area contributed by atoms with Gasteiger partial charge in [0.05, 0.1) is 0 Å². The van der Waals surface area contributed by atoms with Crippen LogP contribution in [0.15, 0.2) is 29.3 Å². The first-order chi connectivity index (χ1) is 6.24. The number of rotatable bonds is 2. The van der Waals surface area contributed by atoms with Crippen molar-refractivity contribution in [3.05, 3.63) is 29.8 Å². The predicted molar refractivity (Wildman–Crippen MR) is 55.5 cm³/mol. The molecular formula is C11H15NO. The fraction of sp³-hybridized carbons (Fsp3) is 0.364. The van der Waals surface area contributed by atoms with Crippen LogP contribution in [0, 0.1) is 6.92 Å². The number of hydrogen-bond acceptors (Lipinski definition) is 2. The van der Waals surface area contributed by atoms with E-state index in [1.54, 1.807) is 0 Å². The van der Waals surface area contributed by atoms with Crippen LogP contribution in [-0.4, -0.2) is 12.4 Å². The summed E-state index contributed by atoms with van der Waals surface area (Å²) < 4.78 is 5.54. The second-order valence-electron chi connectivity index (χ2n) is 2.86. The zero-order valence-corrected chi connectivity index (χ0v) is 8.37. The second-order valence-corrected chi connectivity index (χ2v) is 2.86. The highest BCUT2D eigenvalue weighted by Crippen LogP contribution is 2.16. The van der Waals surface area contributed by atoms with E-state index in [0.29, 0.717) is 0 Å². The summed E-state index contributed by atoms with van der Waals surface area (Å²) in [5.74, 6) is 1.61. The minimum atomic E-state index is 0.719. The lowest BCUT2D eigenvalue weighted by Gasteiger charge is -2.06. The highest BCUT2D eigenvalue weighted by Gasteiger charge is 1.98. The van der Waals surface area contributed by atoms with Gasteiger partial charge >= 0.3 is 0 Å². The van der Waals surface area contributed by atoms with Crippen LogP contribution in [0.25, 0.3) is 0 Å². The Morgan fingerprint density at radius 2 is 2.08 bits per heavy atom. The predicted octanol–water partition coefficient (Wildman–Crippen LogP) is 2.81. The normalized spacial score (nSPS) is 11.5. The minimum Gasteiger partial charge on any atom is -0.443 e. The highest BCUT2D eigenvalue weighted by atomic mass is 16.5. The molecule has 0 aliphatic rings. The van der Waals surface area contributed by atoms with Gasteiger partial charge in [0.15, 0.2) is 5.90 Å². The lowest BCUT2D eigenvalue weighted by Crippen LogP contribution is -2.04. The van der Waals surface area contributed by atoms with Gasteiger partial charge in [0.2, 0.25) is 0 Å². The Hall–Kier alpha value is -1.31. The standard InChI is InChI=1S/C11H15NO/c1-4-12-10(3)13-11-8-6-5-7-9(11)2/h5-8H,4H2,1-3H3. The first-order valence-corrected chi connectivity index (χ1v) is 4.48. The SMILES string of the molecule is CCN=C(C)Oc1ccccc1C. The van der Waals surface area contributed by atoms with Crippen molar-refractivity contribution in [1.82, 2.24) is 0 Å². The van der Waals surface area contributed by atoms with Gasteiger partial charge in [-0.25, -0.2) is 0 Å². The molecule has 1 rings (SSSR count). The summed E-state index contributed by atoms with van der Waals surface area (Å²) >= 11 is 0. The van der Waals surface area contributed by atoms with Gasteiger partial charge in [-0.1, -0.05) is 18.2 Å². The molecule has 70 valence electrons. The molecule has 0 N–H and O–H groups in total. The van der Waals surface area contributed by atoms with Gasteiger partial charge in [0.1, 0.15) is 5.75 Å². The van der Waals surface area contributed by atoms with E-state index in [1.807, 2.05) is 45.0 Å². The topological polar surface area (TPSA) is 21.6 Å². The first-order valence-electron chi connectivity index (χ1n) is 4.48. The van der Waals surface area contributed by atoms with E-state index in [1.165, 1.54) is 0 Å². The van der Waals surface area contributed by atoms with Gasteiger partial charge in [-0.2, -0.15) is 0 Å². The summed E-state index contributed by atoms with van der Waals surface area (Å²) in [5.41, 5.74) is 1.13. The van der Waals surface area contributed by atoms with Crippen molar-refractivity contribution in [2.45, 2.75) is 20.8 Å². The van der Waals surface area contributed by atoms with Gasteiger partial charge in [-0.15, -0.1) is 0 Å². The molecule has 1 aromatic carbocycles. The molecule has 0 radical (unpaired) electrons. The third kappa shape index (κ3) is 2.90. The van der Waals surface area contributed by atoms with Gasteiger partial charge in [0, 0.05) is 13.5 Å². The molecular weight excluding hydrogens is 162 g/mol. The Morgan fingerprint density at radius 1 is 1.38 bits per heavy atom. The molecule has 0 bridgehead atoms. The van der Waals surface area contributed by atoms with Crippen LogP contribution in [0.1, 0.15) is 19.4 Å². The lowest BCUT2D eigenvalue weighted by molar-refractivity contribution is 0.539. The van der Waals surface area contributed by atoms with Crippen LogP contribution in [0.4, 0.5) is 0 Å². The Kier molecular flexibility index (Phi) is 3.50. The maximum atomic E-state index is 5.54. The molecule has 0 aliphatic carbocycles. The number of para-hydroxylation sites is 1. The third-order valence-electron chi connectivity index (χ3n) is 1.73. The summed E-state index contributed by atoms with van der Waals surface area (Å²) in [7, 11) is 0. The van der Waals surface area contributed by atoms with Crippen LogP contribution < -0.4 is 4.74 Å². The molecule has 0 saturated carbocycles. The fourth-order valence-corrected chi connectivity index (χ4v) is 1.09. The van der Waals surface area contributed by atoms with Crippen LogP contribution in [-0.2, 0) is 0 Å². The Labute approximate surface area is 79.3 Å². The summed E-state index contributed by atoms with van der Waals surface area (Å²) in [6.45, 7) is 6.65.